The molecule has 0 fully saturated rings. The first kappa shape index (κ1) is 21.6. The van der Waals surface area contributed by atoms with E-state index < -0.39 is 0 Å². The van der Waals surface area contributed by atoms with Crippen molar-refractivity contribution >= 4 is 58.0 Å². The second-order valence-electron chi connectivity index (χ2n) is 6.53. The van der Waals surface area contributed by atoms with Gasteiger partial charge in [-0.25, -0.2) is 9.67 Å². The molecule has 31 heavy (non-hydrogen) atoms. The summed E-state index contributed by atoms with van der Waals surface area (Å²) in [6.07, 6.45) is 1.54. The van der Waals surface area contributed by atoms with Crippen molar-refractivity contribution in [3.05, 3.63) is 91.3 Å². The highest BCUT2D eigenvalue weighted by molar-refractivity contribution is 7.12. The number of thiophene rings is 1. The third-order valence-corrected chi connectivity index (χ3v) is 6.16. The highest BCUT2D eigenvalue weighted by Gasteiger charge is 2.13. The lowest BCUT2D eigenvalue weighted by Gasteiger charge is -2.04. The lowest BCUT2D eigenvalue weighted by atomic mass is 10.2. The molecule has 1 amide bonds. The van der Waals surface area contributed by atoms with Gasteiger partial charge in [0.1, 0.15) is 18.7 Å². The van der Waals surface area contributed by atoms with Gasteiger partial charge >= 0.3 is 0 Å². The van der Waals surface area contributed by atoms with Gasteiger partial charge in [-0.1, -0.05) is 40.9 Å². The Labute approximate surface area is 197 Å². The van der Waals surface area contributed by atoms with Crippen LogP contribution in [0.4, 0.5) is 5.95 Å². The minimum Gasteiger partial charge on any atom is -0.489 e. The molecule has 2 aromatic carbocycles. The second kappa shape index (κ2) is 9.70. The van der Waals surface area contributed by atoms with Gasteiger partial charge in [0.15, 0.2) is 0 Å². The molecule has 0 saturated heterocycles. The van der Waals surface area contributed by atoms with Crippen LogP contribution >= 0.6 is 46.1 Å². The molecular weight excluding hydrogens is 479 g/mol. The van der Waals surface area contributed by atoms with Gasteiger partial charge in [0.05, 0.1) is 21.5 Å². The Morgan fingerprint density at radius 3 is 2.61 bits per heavy atom. The topological polar surface area (TPSA) is 69.0 Å². The number of nitrogens with zero attached hydrogens (tertiary/aromatic N) is 3. The maximum absolute atomic E-state index is 12.5. The number of carbonyl (C=O) groups excluding carboxylic acids is 1. The van der Waals surface area contributed by atoms with Crippen molar-refractivity contribution in [2.45, 2.75) is 13.2 Å². The van der Waals surface area contributed by atoms with Gasteiger partial charge in [-0.05, 0) is 53.4 Å². The van der Waals surface area contributed by atoms with Crippen LogP contribution in [0.2, 0.25) is 15.1 Å². The molecule has 6 nitrogen and oxygen atoms in total. The number of amides is 1. The summed E-state index contributed by atoms with van der Waals surface area (Å²) in [6.45, 7) is 0.798. The average molecular weight is 494 g/mol. The molecule has 0 unspecified atom stereocenters. The van der Waals surface area contributed by atoms with Crippen LogP contribution in [-0.4, -0.2) is 20.7 Å². The molecular formula is C21H15Cl3N4O2S. The summed E-state index contributed by atoms with van der Waals surface area (Å²) in [6, 6.07) is 14.2. The second-order valence-corrected chi connectivity index (χ2v) is 8.69. The van der Waals surface area contributed by atoms with E-state index in [1.807, 2.05) is 11.4 Å². The number of nitrogens with one attached hydrogen (secondary N) is 1. The zero-order chi connectivity index (χ0) is 21.8. The predicted octanol–water partition coefficient (Wildman–Crippen LogP) is 6.18. The molecule has 0 saturated carbocycles. The van der Waals surface area contributed by atoms with E-state index >= 15 is 0 Å². The van der Waals surface area contributed by atoms with Gasteiger partial charge in [0.25, 0.3) is 5.91 Å². The Hall–Kier alpha value is -2.58. The standard InChI is InChI=1S/C21H15Cl3N4O2S/c22-15-2-4-16(5-3-15)30-10-14-8-19(31-11-14)20(29)26-21-25-12-28(27-21)9-13-1-6-17(23)18(24)7-13/h1-8,11-12H,9-10H2,(H,26,27,29). The molecule has 4 aromatic rings. The Kier molecular flexibility index (Phi) is 6.77. The van der Waals surface area contributed by atoms with E-state index in [0.717, 1.165) is 11.1 Å². The van der Waals surface area contributed by atoms with Crippen LogP contribution in [0.5, 0.6) is 5.75 Å². The van der Waals surface area contributed by atoms with E-state index in [2.05, 4.69) is 15.4 Å². The summed E-state index contributed by atoms with van der Waals surface area (Å²) in [5, 5.41) is 10.5. The molecule has 1 N–H and O–H groups in total. The summed E-state index contributed by atoms with van der Waals surface area (Å²) < 4.78 is 7.31. The minimum absolute atomic E-state index is 0.220. The number of carbonyl (C=O) groups is 1. The van der Waals surface area contributed by atoms with Crippen molar-refractivity contribution in [3.63, 3.8) is 0 Å². The first-order valence-corrected chi connectivity index (χ1v) is 11.1. The van der Waals surface area contributed by atoms with E-state index in [1.165, 1.54) is 17.7 Å². The molecule has 4 rings (SSSR count). The summed E-state index contributed by atoms with van der Waals surface area (Å²) in [7, 11) is 0. The summed E-state index contributed by atoms with van der Waals surface area (Å²) in [5.74, 6) is 0.644. The van der Waals surface area contributed by atoms with Gasteiger partial charge < -0.3 is 4.74 Å². The lowest BCUT2D eigenvalue weighted by molar-refractivity contribution is 0.102. The fourth-order valence-electron chi connectivity index (χ4n) is 2.68. The maximum Gasteiger partial charge on any atom is 0.268 e. The summed E-state index contributed by atoms with van der Waals surface area (Å²) in [5.41, 5.74) is 1.81. The molecule has 158 valence electrons. The monoisotopic (exact) mass is 492 g/mol. The normalized spacial score (nSPS) is 10.8. The average Bonchev–Trinajstić information content (AvgIpc) is 3.40. The predicted molar refractivity (Wildman–Crippen MR) is 124 cm³/mol. The van der Waals surface area contributed by atoms with Crippen LogP contribution in [0.1, 0.15) is 20.8 Å². The van der Waals surface area contributed by atoms with Gasteiger partial charge in [-0.3, -0.25) is 10.1 Å². The Balaban J connectivity index is 1.33. The van der Waals surface area contributed by atoms with E-state index in [0.29, 0.717) is 38.8 Å². The lowest BCUT2D eigenvalue weighted by Crippen LogP contribution is -2.12. The fraction of sp³-hybridized carbons (Fsp3) is 0.0952. The summed E-state index contributed by atoms with van der Waals surface area (Å²) in [4.78, 5) is 17.2. The van der Waals surface area contributed by atoms with Crippen LogP contribution in [0.3, 0.4) is 0 Å². The zero-order valence-electron chi connectivity index (χ0n) is 15.9. The number of halogens is 3. The van der Waals surface area contributed by atoms with Crippen molar-refractivity contribution in [3.8, 4) is 5.75 Å². The molecule has 0 aliphatic heterocycles. The van der Waals surface area contributed by atoms with Crippen molar-refractivity contribution < 1.29 is 9.53 Å². The van der Waals surface area contributed by atoms with Crippen LogP contribution in [0.15, 0.2) is 60.2 Å². The number of hydrogen-bond acceptors (Lipinski definition) is 5. The van der Waals surface area contributed by atoms with Gasteiger partial charge in [0.2, 0.25) is 5.95 Å². The van der Waals surface area contributed by atoms with Crippen molar-refractivity contribution in [1.82, 2.24) is 14.8 Å². The van der Waals surface area contributed by atoms with E-state index in [4.69, 9.17) is 39.5 Å². The third-order valence-electron chi connectivity index (χ3n) is 4.19. The van der Waals surface area contributed by atoms with Crippen LogP contribution in [-0.2, 0) is 13.2 Å². The van der Waals surface area contributed by atoms with E-state index in [-0.39, 0.29) is 11.9 Å². The van der Waals surface area contributed by atoms with Crippen LogP contribution in [0.25, 0.3) is 0 Å². The largest absolute Gasteiger partial charge is 0.489 e. The smallest absolute Gasteiger partial charge is 0.268 e. The Bertz CT molecular complexity index is 1210. The number of aromatic nitrogens is 3. The number of anilines is 1. The first-order chi connectivity index (χ1) is 15.0. The number of rotatable bonds is 7. The van der Waals surface area contributed by atoms with Crippen molar-refractivity contribution in [2.75, 3.05) is 5.32 Å². The quantitative estimate of drug-likeness (QED) is 0.334. The Morgan fingerprint density at radius 1 is 1.03 bits per heavy atom. The molecule has 0 spiro atoms. The molecule has 0 radical (unpaired) electrons. The van der Waals surface area contributed by atoms with Crippen LogP contribution in [0, 0.1) is 0 Å². The Morgan fingerprint density at radius 2 is 1.84 bits per heavy atom. The summed E-state index contributed by atoms with van der Waals surface area (Å²) >= 11 is 19.2. The number of ether oxygens (including phenoxy) is 1. The maximum atomic E-state index is 12.5. The van der Waals surface area contributed by atoms with Gasteiger partial charge in [0, 0.05) is 10.6 Å². The van der Waals surface area contributed by atoms with Gasteiger partial charge in [-0.15, -0.1) is 16.4 Å². The van der Waals surface area contributed by atoms with Gasteiger partial charge in [-0.2, -0.15) is 0 Å². The highest BCUT2D eigenvalue weighted by atomic mass is 35.5. The van der Waals surface area contributed by atoms with Crippen molar-refractivity contribution in [1.29, 1.82) is 0 Å². The van der Waals surface area contributed by atoms with Crippen LogP contribution < -0.4 is 10.1 Å². The van der Waals surface area contributed by atoms with E-state index in [1.54, 1.807) is 47.1 Å². The first-order valence-electron chi connectivity index (χ1n) is 9.07. The molecule has 0 bridgehead atoms. The molecule has 2 heterocycles. The minimum atomic E-state index is -0.282. The number of benzene rings is 2. The number of hydrogen-bond donors (Lipinski definition) is 1. The van der Waals surface area contributed by atoms with E-state index in [9.17, 15) is 4.79 Å². The van der Waals surface area contributed by atoms with Crippen molar-refractivity contribution in [2.24, 2.45) is 0 Å². The SMILES string of the molecule is O=C(Nc1ncn(Cc2ccc(Cl)c(Cl)c2)n1)c1cc(COc2ccc(Cl)cc2)cs1. The molecule has 0 atom stereocenters. The molecule has 0 aliphatic rings. The highest BCUT2D eigenvalue weighted by Crippen LogP contribution is 2.23. The third kappa shape index (κ3) is 5.77. The zero-order valence-corrected chi connectivity index (χ0v) is 19.0. The molecule has 0 aliphatic carbocycles. The molecule has 10 heteroatoms. The molecule has 2 aromatic heterocycles. The fourth-order valence-corrected chi connectivity index (χ4v) is 3.92.